The monoisotopic (exact) mass is 470 g/mol. The Morgan fingerprint density at radius 3 is 2.09 bits per heavy atom. The van der Waals surface area contributed by atoms with E-state index < -0.39 is 11.4 Å². The molecule has 0 amide bonds. The van der Waals surface area contributed by atoms with Crippen LogP contribution in [0.25, 0.3) is 0 Å². The van der Waals surface area contributed by atoms with Crippen LogP contribution in [0.4, 0.5) is 0 Å². The molecule has 194 valence electrons. The van der Waals surface area contributed by atoms with Crippen LogP contribution in [0.2, 0.25) is 0 Å². The molecule has 33 heavy (non-hydrogen) atoms. The largest absolute Gasteiger partial charge is 0.396 e. The van der Waals surface area contributed by atoms with Crippen LogP contribution in [0.1, 0.15) is 104 Å². The first-order valence-corrected chi connectivity index (χ1v) is 13.4. The first-order chi connectivity index (χ1) is 15.9. The molecule has 2 saturated heterocycles. The van der Waals surface area contributed by atoms with Gasteiger partial charge in [-0.15, -0.1) is 0 Å². The van der Waals surface area contributed by atoms with Crippen molar-refractivity contribution in [2.24, 2.45) is 5.92 Å². The number of unbranched alkanes of at least 4 members (excludes halogenated alkanes) is 8. The molecule has 6 heteroatoms. The smallest absolute Gasteiger partial charge is 0.168 e. The van der Waals surface area contributed by atoms with Gasteiger partial charge in [-0.05, 0) is 39.5 Å². The van der Waals surface area contributed by atoms with Gasteiger partial charge in [-0.25, -0.2) is 0 Å². The molecule has 0 aromatic heterocycles. The summed E-state index contributed by atoms with van der Waals surface area (Å²) in [6.07, 6.45) is 18.8. The topological polar surface area (TPSA) is 77.4 Å². The van der Waals surface area contributed by atoms with Crippen molar-refractivity contribution in [3.63, 3.8) is 0 Å². The Bertz CT molecular complexity index is 543. The summed E-state index contributed by atoms with van der Waals surface area (Å²) >= 11 is 0. The molecule has 0 radical (unpaired) electrons. The molecule has 0 unspecified atom stereocenters. The van der Waals surface area contributed by atoms with E-state index in [1.54, 1.807) is 0 Å². The summed E-state index contributed by atoms with van der Waals surface area (Å²) in [4.78, 5) is 0. The highest BCUT2D eigenvalue weighted by atomic mass is 16.7. The molecule has 2 atom stereocenters. The highest BCUT2D eigenvalue weighted by Gasteiger charge is 2.47. The quantitative estimate of drug-likeness (QED) is 0.216. The number of aliphatic hydroxyl groups excluding tert-OH is 2. The number of aliphatic hydroxyl groups is 2. The van der Waals surface area contributed by atoms with Crippen LogP contribution < -0.4 is 0 Å². The molecule has 0 aliphatic carbocycles. The van der Waals surface area contributed by atoms with Gasteiger partial charge in [0, 0.05) is 31.8 Å². The number of ether oxygens (including phenoxy) is 4. The molecule has 0 aromatic rings. The third kappa shape index (κ3) is 9.58. The van der Waals surface area contributed by atoms with Gasteiger partial charge in [0.15, 0.2) is 11.6 Å². The van der Waals surface area contributed by atoms with Gasteiger partial charge in [0.05, 0.1) is 26.4 Å². The second-order valence-electron chi connectivity index (χ2n) is 10.3. The predicted molar refractivity (Wildman–Crippen MR) is 131 cm³/mol. The van der Waals surface area contributed by atoms with Crippen molar-refractivity contribution in [3.05, 3.63) is 12.2 Å². The minimum atomic E-state index is -0.770. The van der Waals surface area contributed by atoms with Crippen LogP contribution >= 0.6 is 0 Å². The highest BCUT2D eigenvalue weighted by Crippen LogP contribution is 2.38. The second kappa shape index (κ2) is 14.8. The van der Waals surface area contributed by atoms with Crippen molar-refractivity contribution in [1.82, 2.24) is 0 Å². The fraction of sp³-hybridized carbons (Fsp3) is 0.926. The van der Waals surface area contributed by atoms with E-state index in [4.69, 9.17) is 18.9 Å². The summed E-state index contributed by atoms with van der Waals surface area (Å²) in [6, 6.07) is 0. The van der Waals surface area contributed by atoms with Crippen molar-refractivity contribution in [2.75, 3.05) is 33.0 Å². The summed E-state index contributed by atoms with van der Waals surface area (Å²) < 4.78 is 23.8. The maximum atomic E-state index is 10.0. The second-order valence-corrected chi connectivity index (χ2v) is 10.3. The zero-order chi connectivity index (χ0) is 24.0. The first kappa shape index (κ1) is 28.7. The summed E-state index contributed by atoms with van der Waals surface area (Å²) in [5.41, 5.74) is -0.770. The maximum absolute atomic E-state index is 10.0. The van der Waals surface area contributed by atoms with E-state index >= 15 is 0 Å². The SMILES string of the molecule is CCCCCC1(CCCCCCCC/C=C/[C@@H]2COC(C)(C)O[C@@]2(CO)CCO)OCCO1. The Morgan fingerprint density at radius 2 is 1.45 bits per heavy atom. The standard InChI is InChI=1S/C27H50O6/c1-4-5-13-16-27(30-20-21-31-27)17-14-11-9-7-6-8-10-12-15-24-22-32-25(2,3)33-26(24,23-29)18-19-28/h12,15,24,28-29H,4-11,13-14,16-23H2,1-3H3/b15-12+/t24-,26-/m1/s1. The Balaban J connectivity index is 1.59. The minimum absolute atomic E-state index is 0.0148. The summed E-state index contributed by atoms with van der Waals surface area (Å²) in [5, 5.41) is 19.5. The number of allylic oxidation sites excluding steroid dienone is 1. The first-order valence-electron chi connectivity index (χ1n) is 13.4. The van der Waals surface area contributed by atoms with Crippen LogP contribution in [-0.4, -0.2) is 60.4 Å². The number of hydrogen-bond donors (Lipinski definition) is 2. The Kier molecular flexibility index (Phi) is 12.9. The van der Waals surface area contributed by atoms with E-state index in [0.717, 1.165) is 38.9 Å². The molecule has 2 heterocycles. The van der Waals surface area contributed by atoms with Crippen LogP contribution in [0.5, 0.6) is 0 Å². The normalized spacial score (nSPS) is 26.9. The molecule has 2 aliphatic rings. The van der Waals surface area contributed by atoms with E-state index in [2.05, 4.69) is 19.1 Å². The molecule has 6 nitrogen and oxygen atoms in total. The molecule has 2 aliphatic heterocycles. The Hall–Kier alpha value is -0.500. The van der Waals surface area contributed by atoms with E-state index in [0.29, 0.717) is 13.0 Å². The van der Waals surface area contributed by atoms with Crippen LogP contribution in [0, 0.1) is 5.92 Å². The lowest BCUT2D eigenvalue weighted by atomic mass is 9.83. The van der Waals surface area contributed by atoms with Gasteiger partial charge in [0.1, 0.15) is 5.60 Å². The molecule has 0 spiro atoms. The lowest BCUT2D eigenvalue weighted by Crippen LogP contribution is -2.57. The number of hydrogen-bond acceptors (Lipinski definition) is 6. The van der Waals surface area contributed by atoms with E-state index in [9.17, 15) is 10.2 Å². The highest BCUT2D eigenvalue weighted by molar-refractivity contribution is 5.03. The third-order valence-corrected chi connectivity index (χ3v) is 7.06. The van der Waals surface area contributed by atoms with E-state index in [1.165, 1.54) is 51.4 Å². The van der Waals surface area contributed by atoms with E-state index in [1.807, 2.05) is 13.8 Å². The van der Waals surface area contributed by atoms with Gasteiger partial charge < -0.3 is 29.2 Å². The maximum Gasteiger partial charge on any atom is 0.168 e. The Labute approximate surface area is 202 Å². The van der Waals surface area contributed by atoms with Gasteiger partial charge in [-0.1, -0.05) is 57.6 Å². The lowest BCUT2D eigenvalue weighted by molar-refractivity contribution is -0.334. The fourth-order valence-electron chi connectivity index (χ4n) is 5.10. The average Bonchev–Trinajstić information content (AvgIpc) is 3.25. The predicted octanol–water partition coefficient (Wildman–Crippen LogP) is 5.50. The van der Waals surface area contributed by atoms with Crippen molar-refractivity contribution >= 4 is 0 Å². The Morgan fingerprint density at radius 1 is 0.818 bits per heavy atom. The molecule has 0 bridgehead atoms. The average molecular weight is 471 g/mol. The molecule has 2 N–H and O–H groups in total. The summed E-state index contributed by atoms with van der Waals surface area (Å²) in [6.45, 7) is 7.80. The van der Waals surface area contributed by atoms with Gasteiger partial charge in [0.2, 0.25) is 0 Å². The van der Waals surface area contributed by atoms with Crippen molar-refractivity contribution in [1.29, 1.82) is 0 Å². The fourth-order valence-corrected chi connectivity index (χ4v) is 5.10. The molecular formula is C27H50O6. The van der Waals surface area contributed by atoms with Gasteiger partial charge in [-0.3, -0.25) is 0 Å². The molecular weight excluding hydrogens is 420 g/mol. The van der Waals surface area contributed by atoms with Crippen LogP contribution in [0.3, 0.4) is 0 Å². The third-order valence-electron chi connectivity index (χ3n) is 7.06. The number of rotatable bonds is 17. The molecule has 0 saturated carbocycles. The van der Waals surface area contributed by atoms with Crippen LogP contribution in [0.15, 0.2) is 12.2 Å². The van der Waals surface area contributed by atoms with Crippen molar-refractivity contribution < 1.29 is 29.2 Å². The zero-order valence-corrected chi connectivity index (χ0v) is 21.5. The molecule has 0 aromatic carbocycles. The van der Waals surface area contributed by atoms with Gasteiger partial charge >= 0.3 is 0 Å². The van der Waals surface area contributed by atoms with Gasteiger partial charge in [0.25, 0.3) is 0 Å². The zero-order valence-electron chi connectivity index (χ0n) is 21.5. The van der Waals surface area contributed by atoms with Crippen molar-refractivity contribution in [2.45, 2.75) is 121 Å². The minimum Gasteiger partial charge on any atom is -0.396 e. The molecule has 2 fully saturated rings. The van der Waals surface area contributed by atoms with Crippen LogP contribution in [-0.2, 0) is 18.9 Å². The summed E-state index contributed by atoms with van der Waals surface area (Å²) in [5.74, 6) is -1.08. The van der Waals surface area contributed by atoms with Gasteiger partial charge in [-0.2, -0.15) is 0 Å². The summed E-state index contributed by atoms with van der Waals surface area (Å²) in [7, 11) is 0. The molecule has 2 rings (SSSR count). The van der Waals surface area contributed by atoms with E-state index in [-0.39, 0.29) is 24.9 Å². The lowest BCUT2D eigenvalue weighted by Gasteiger charge is -2.48. The van der Waals surface area contributed by atoms with Crippen molar-refractivity contribution in [3.8, 4) is 0 Å².